The predicted molar refractivity (Wildman–Crippen MR) is 100 cm³/mol. The molecule has 0 amide bonds. The minimum atomic E-state index is 0.516. The number of hydrogen-bond acceptors (Lipinski definition) is 4. The Hall–Kier alpha value is -3.10. The highest BCUT2D eigenvalue weighted by atomic mass is 32.2. The van der Waals surface area contributed by atoms with Gasteiger partial charge in [-0.3, -0.25) is 0 Å². The van der Waals surface area contributed by atoms with E-state index in [9.17, 15) is 5.26 Å². The Morgan fingerprint density at radius 1 is 0.960 bits per heavy atom. The summed E-state index contributed by atoms with van der Waals surface area (Å²) < 4.78 is 1.77. The molecule has 120 valence electrons. The molecule has 5 heteroatoms. The zero-order valence-electron chi connectivity index (χ0n) is 13.5. The van der Waals surface area contributed by atoms with Gasteiger partial charge in [-0.05, 0) is 12.3 Å². The van der Waals surface area contributed by atoms with Crippen LogP contribution in [0.2, 0.25) is 0 Å². The highest BCUT2D eigenvalue weighted by Gasteiger charge is 2.18. The van der Waals surface area contributed by atoms with Crippen molar-refractivity contribution in [3.63, 3.8) is 0 Å². The van der Waals surface area contributed by atoms with Gasteiger partial charge in [0, 0.05) is 11.1 Å². The number of aromatic nitrogens is 3. The summed E-state index contributed by atoms with van der Waals surface area (Å²) in [7, 11) is 0. The van der Waals surface area contributed by atoms with E-state index in [1.165, 1.54) is 11.8 Å². The normalized spacial score (nSPS) is 10.7. The van der Waals surface area contributed by atoms with Crippen LogP contribution < -0.4 is 0 Å². The van der Waals surface area contributed by atoms with Gasteiger partial charge in [-0.15, -0.1) is 11.8 Å². The number of nitriles is 1. The molecule has 0 bridgehead atoms. The monoisotopic (exact) mass is 342 g/mol. The first-order valence-corrected chi connectivity index (χ1v) is 9.03. The van der Waals surface area contributed by atoms with Gasteiger partial charge >= 0.3 is 0 Å². The van der Waals surface area contributed by atoms with Crippen molar-refractivity contribution in [2.24, 2.45) is 0 Å². The van der Waals surface area contributed by atoms with Gasteiger partial charge in [-0.2, -0.15) is 10.4 Å². The van der Waals surface area contributed by atoms with Crippen molar-refractivity contribution in [2.75, 3.05) is 6.26 Å². The molecule has 0 radical (unpaired) electrons. The first-order chi connectivity index (χ1) is 12.3. The van der Waals surface area contributed by atoms with Crippen LogP contribution in [0.25, 0.3) is 28.2 Å². The van der Waals surface area contributed by atoms with Crippen molar-refractivity contribution in [3.05, 3.63) is 72.3 Å². The Bertz CT molecular complexity index is 1080. The van der Waals surface area contributed by atoms with Crippen molar-refractivity contribution >= 4 is 17.4 Å². The number of hydrogen-bond donors (Lipinski definition) is 0. The van der Waals surface area contributed by atoms with E-state index >= 15 is 0 Å². The second-order valence-corrected chi connectivity index (χ2v) is 6.29. The summed E-state index contributed by atoms with van der Waals surface area (Å²) in [4.78, 5) is 4.74. The van der Waals surface area contributed by atoms with E-state index in [2.05, 4.69) is 11.2 Å². The summed E-state index contributed by atoms with van der Waals surface area (Å²) in [6.07, 6.45) is 1.92. The summed E-state index contributed by atoms with van der Waals surface area (Å²) in [5.74, 6) is 0. The Kier molecular flexibility index (Phi) is 3.96. The van der Waals surface area contributed by atoms with Gasteiger partial charge in [0.15, 0.2) is 5.65 Å². The van der Waals surface area contributed by atoms with Crippen molar-refractivity contribution in [3.8, 4) is 28.6 Å². The van der Waals surface area contributed by atoms with Gasteiger partial charge in [0.05, 0.1) is 11.4 Å². The van der Waals surface area contributed by atoms with Gasteiger partial charge in [0.25, 0.3) is 0 Å². The van der Waals surface area contributed by atoms with Crippen LogP contribution in [0, 0.1) is 11.3 Å². The molecule has 0 unspecified atom stereocenters. The van der Waals surface area contributed by atoms with Crippen molar-refractivity contribution < 1.29 is 0 Å². The first kappa shape index (κ1) is 15.4. The molecule has 0 aliphatic carbocycles. The number of nitrogens with zero attached hydrogens (tertiary/aromatic N) is 4. The maximum Gasteiger partial charge on any atom is 0.175 e. The van der Waals surface area contributed by atoms with Crippen LogP contribution in [0.3, 0.4) is 0 Å². The summed E-state index contributed by atoms with van der Waals surface area (Å²) in [6, 6.07) is 24.3. The second kappa shape index (κ2) is 6.42. The highest BCUT2D eigenvalue weighted by molar-refractivity contribution is 7.98. The molecule has 2 heterocycles. The molecule has 0 aliphatic heterocycles. The third-order valence-electron chi connectivity index (χ3n) is 4.00. The Labute approximate surface area is 149 Å². The van der Waals surface area contributed by atoms with Gasteiger partial charge in [-0.25, -0.2) is 9.50 Å². The number of thioether (sulfide) groups is 1. The zero-order valence-corrected chi connectivity index (χ0v) is 14.4. The number of benzene rings is 2. The lowest BCUT2D eigenvalue weighted by molar-refractivity contribution is 0.897. The Morgan fingerprint density at radius 2 is 1.60 bits per heavy atom. The van der Waals surface area contributed by atoms with Crippen LogP contribution in [0.4, 0.5) is 0 Å². The molecule has 0 aliphatic rings. The van der Waals surface area contributed by atoms with E-state index in [4.69, 9.17) is 4.98 Å². The molecule has 4 nitrogen and oxygen atoms in total. The summed E-state index contributed by atoms with van der Waals surface area (Å²) >= 11 is 1.46. The third-order valence-corrected chi connectivity index (χ3v) is 4.67. The minimum Gasteiger partial charge on any atom is -0.227 e. The lowest BCUT2D eigenvalue weighted by atomic mass is 10.1. The summed E-state index contributed by atoms with van der Waals surface area (Å²) in [5, 5.41) is 14.9. The maximum absolute atomic E-state index is 9.60. The molecule has 2 aromatic carbocycles. The number of rotatable bonds is 3. The Balaban J connectivity index is 2.08. The van der Waals surface area contributed by atoms with Crippen molar-refractivity contribution in [1.29, 1.82) is 5.26 Å². The molecule has 4 rings (SSSR count). The average Bonchev–Trinajstić information content (AvgIpc) is 3.06. The van der Waals surface area contributed by atoms with E-state index in [0.29, 0.717) is 16.2 Å². The SMILES string of the molecule is CSc1nn2c(-c3ccccc3)cc(-c3ccccc3)nc2c1C#N. The molecule has 0 spiro atoms. The molecular weight excluding hydrogens is 328 g/mol. The van der Waals surface area contributed by atoms with Gasteiger partial charge in [0.2, 0.25) is 0 Å². The number of fused-ring (bicyclic) bond motifs is 1. The van der Waals surface area contributed by atoms with Crippen LogP contribution in [0.15, 0.2) is 71.8 Å². The molecule has 0 saturated heterocycles. The van der Waals surface area contributed by atoms with Crippen molar-refractivity contribution in [1.82, 2.24) is 14.6 Å². The summed E-state index contributed by atoms with van der Waals surface area (Å²) in [5.41, 5.74) is 4.90. The van der Waals surface area contributed by atoms with Crippen molar-refractivity contribution in [2.45, 2.75) is 5.03 Å². The van der Waals surface area contributed by atoms with Crippen LogP contribution in [0.5, 0.6) is 0 Å². The van der Waals surface area contributed by atoms with Crippen LogP contribution in [-0.4, -0.2) is 20.9 Å². The Morgan fingerprint density at radius 3 is 2.20 bits per heavy atom. The standard InChI is InChI=1S/C20H14N4S/c1-25-20-16(13-21)19-22-17(14-8-4-2-5-9-14)12-18(24(19)23-20)15-10-6-3-7-11-15/h2-12H,1H3. The van der Waals surface area contributed by atoms with E-state index < -0.39 is 0 Å². The molecule has 25 heavy (non-hydrogen) atoms. The van der Waals surface area contributed by atoms with Gasteiger partial charge < -0.3 is 0 Å². The topological polar surface area (TPSA) is 54.0 Å². The van der Waals surface area contributed by atoms with Gasteiger partial charge in [-0.1, -0.05) is 60.7 Å². The maximum atomic E-state index is 9.60. The predicted octanol–water partition coefficient (Wildman–Crippen LogP) is 4.66. The molecule has 2 aromatic heterocycles. The van der Waals surface area contributed by atoms with E-state index in [-0.39, 0.29) is 0 Å². The summed E-state index contributed by atoms with van der Waals surface area (Å²) in [6.45, 7) is 0. The first-order valence-electron chi connectivity index (χ1n) is 7.80. The van der Waals surface area contributed by atoms with Crippen LogP contribution in [-0.2, 0) is 0 Å². The lowest BCUT2D eigenvalue weighted by Gasteiger charge is -2.08. The molecular formula is C20H14N4S. The molecule has 0 atom stereocenters. The lowest BCUT2D eigenvalue weighted by Crippen LogP contribution is -1.98. The molecule has 0 fully saturated rings. The fourth-order valence-corrected chi connectivity index (χ4v) is 3.31. The molecule has 4 aromatic rings. The quantitative estimate of drug-likeness (QED) is 0.508. The fraction of sp³-hybridized carbons (Fsp3) is 0.0500. The zero-order chi connectivity index (χ0) is 17.2. The minimum absolute atomic E-state index is 0.516. The molecule has 0 N–H and O–H groups in total. The fourth-order valence-electron chi connectivity index (χ4n) is 2.81. The third kappa shape index (κ3) is 2.67. The second-order valence-electron chi connectivity index (χ2n) is 5.49. The smallest absolute Gasteiger partial charge is 0.175 e. The van der Waals surface area contributed by atoms with E-state index in [1.807, 2.05) is 73.0 Å². The van der Waals surface area contributed by atoms with E-state index in [0.717, 1.165) is 22.5 Å². The largest absolute Gasteiger partial charge is 0.227 e. The van der Waals surface area contributed by atoms with Gasteiger partial charge in [0.1, 0.15) is 16.7 Å². The van der Waals surface area contributed by atoms with Crippen LogP contribution in [0.1, 0.15) is 5.56 Å². The average molecular weight is 342 g/mol. The van der Waals surface area contributed by atoms with Crippen LogP contribution >= 0.6 is 11.8 Å². The highest BCUT2D eigenvalue weighted by Crippen LogP contribution is 2.30. The van der Waals surface area contributed by atoms with E-state index in [1.54, 1.807) is 4.52 Å². The molecule has 0 saturated carbocycles.